The van der Waals surface area contributed by atoms with E-state index >= 15 is 0 Å². The van der Waals surface area contributed by atoms with E-state index in [1.807, 2.05) is 13.8 Å². The second kappa shape index (κ2) is 5.47. The van der Waals surface area contributed by atoms with E-state index < -0.39 is 4.92 Å². The third kappa shape index (κ3) is 2.54. The van der Waals surface area contributed by atoms with Gasteiger partial charge in [0.15, 0.2) is 0 Å². The van der Waals surface area contributed by atoms with Crippen molar-refractivity contribution in [3.63, 3.8) is 0 Å². The topological polar surface area (TPSA) is 93.0 Å². The van der Waals surface area contributed by atoms with Crippen molar-refractivity contribution < 1.29 is 4.92 Å². The van der Waals surface area contributed by atoms with Gasteiger partial charge in [-0.1, -0.05) is 0 Å². The molecule has 2 N–H and O–H groups in total. The molecule has 0 spiro atoms. The van der Waals surface area contributed by atoms with Gasteiger partial charge in [0.1, 0.15) is 17.8 Å². The Balaban J connectivity index is 2.66. The van der Waals surface area contributed by atoms with Crippen LogP contribution in [0, 0.1) is 10.1 Å². The maximum Gasteiger partial charge on any atom is 0.293 e. The number of fused-ring (bicyclic) bond motifs is 1. The predicted octanol–water partition coefficient (Wildman–Crippen LogP) is 2.40. The predicted molar refractivity (Wildman–Crippen MR) is 74.5 cm³/mol. The first kappa shape index (κ1) is 13.0. The molecule has 0 aliphatic heterocycles. The van der Waals surface area contributed by atoms with Crippen LogP contribution in [0.4, 0.5) is 17.2 Å². The summed E-state index contributed by atoms with van der Waals surface area (Å²) >= 11 is 0. The van der Waals surface area contributed by atoms with Crippen molar-refractivity contribution in [3.8, 4) is 0 Å². The summed E-state index contributed by atoms with van der Waals surface area (Å²) in [5, 5.41) is 17.8. The van der Waals surface area contributed by atoms with Crippen LogP contribution < -0.4 is 10.6 Å². The fraction of sp³-hybridized carbons (Fsp3) is 0.333. The molecule has 0 amide bonds. The number of nitrogens with zero attached hydrogens (tertiary/aromatic N) is 3. The lowest BCUT2D eigenvalue weighted by Gasteiger charge is -2.09. The van der Waals surface area contributed by atoms with Crippen molar-refractivity contribution in [3.05, 3.63) is 28.6 Å². The highest BCUT2D eigenvalue weighted by Crippen LogP contribution is 2.31. The van der Waals surface area contributed by atoms with Gasteiger partial charge in [-0.25, -0.2) is 9.97 Å². The minimum Gasteiger partial charge on any atom is -0.380 e. The van der Waals surface area contributed by atoms with Gasteiger partial charge >= 0.3 is 0 Å². The quantitative estimate of drug-likeness (QED) is 0.634. The molecule has 1 aromatic heterocycles. The summed E-state index contributed by atoms with van der Waals surface area (Å²) in [6.45, 7) is 5.12. The molecule has 1 aromatic carbocycles. The first-order valence-electron chi connectivity index (χ1n) is 6.08. The standard InChI is InChI=1S/C12H15N5O2/c1-3-13-10-6-9-8(5-11(10)17(18)19)12(14-4-2)16-7-15-9/h5-7,13H,3-4H2,1-2H3,(H,14,15,16). The molecular weight excluding hydrogens is 246 g/mol. The number of anilines is 2. The summed E-state index contributed by atoms with van der Waals surface area (Å²) in [6.07, 6.45) is 1.45. The zero-order chi connectivity index (χ0) is 13.8. The Kier molecular flexibility index (Phi) is 3.74. The van der Waals surface area contributed by atoms with Crippen molar-refractivity contribution in [1.29, 1.82) is 0 Å². The number of rotatable bonds is 5. The highest BCUT2D eigenvalue weighted by atomic mass is 16.6. The number of nitro groups is 1. The Bertz CT molecular complexity index is 614. The average Bonchev–Trinajstić information content (AvgIpc) is 2.39. The Morgan fingerprint density at radius 2 is 1.95 bits per heavy atom. The van der Waals surface area contributed by atoms with E-state index in [4.69, 9.17) is 0 Å². The van der Waals surface area contributed by atoms with Crippen LogP contribution in [-0.2, 0) is 0 Å². The molecule has 0 aliphatic carbocycles. The van der Waals surface area contributed by atoms with Crippen molar-refractivity contribution in [2.75, 3.05) is 23.7 Å². The number of aromatic nitrogens is 2. The summed E-state index contributed by atoms with van der Waals surface area (Å²) in [4.78, 5) is 19.0. The van der Waals surface area contributed by atoms with Gasteiger partial charge in [-0.15, -0.1) is 0 Å². The Labute approximate surface area is 110 Å². The van der Waals surface area contributed by atoms with Crippen molar-refractivity contribution in [1.82, 2.24) is 9.97 Å². The van der Waals surface area contributed by atoms with Gasteiger partial charge in [0.25, 0.3) is 5.69 Å². The summed E-state index contributed by atoms with van der Waals surface area (Å²) in [6, 6.07) is 3.19. The molecule has 7 heteroatoms. The molecule has 2 aromatic rings. The van der Waals surface area contributed by atoms with Crippen LogP contribution >= 0.6 is 0 Å². The van der Waals surface area contributed by atoms with Gasteiger partial charge in [0, 0.05) is 24.5 Å². The van der Waals surface area contributed by atoms with Gasteiger partial charge in [-0.2, -0.15) is 0 Å². The lowest BCUT2D eigenvalue weighted by molar-refractivity contribution is -0.383. The SMILES string of the molecule is CCNc1cc2ncnc(NCC)c2cc1[N+](=O)[O-]. The van der Waals surface area contributed by atoms with E-state index in [0.717, 1.165) is 0 Å². The smallest absolute Gasteiger partial charge is 0.293 e. The van der Waals surface area contributed by atoms with Crippen molar-refractivity contribution in [2.24, 2.45) is 0 Å². The van der Waals surface area contributed by atoms with Crippen LogP contribution in [0.15, 0.2) is 18.5 Å². The highest BCUT2D eigenvalue weighted by Gasteiger charge is 2.17. The van der Waals surface area contributed by atoms with E-state index in [9.17, 15) is 10.1 Å². The monoisotopic (exact) mass is 261 g/mol. The minimum atomic E-state index is -0.403. The molecule has 7 nitrogen and oxygen atoms in total. The van der Waals surface area contributed by atoms with Crippen LogP contribution in [0.1, 0.15) is 13.8 Å². The Hall–Kier alpha value is -2.44. The summed E-state index contributed by atoms with van der Waals surface area (Å²) in [5.74, 6) is 0.610. The summed E-state index contributed by atoms with van der Waals surface area (Å²) in [7, 11) is 0. The van der Waals surface area contributed by atoms with Crippen LogP contribution in [0.5, 0.6) is 0 Å². The van der Waals surface area contributed by atoms with E-state index in [0.29, 0.717) is 35.5 Å². The molecule has 0 radical (unpaired) electrons. The van der Waals surface area contributed by atoms with Gasteiger partial charge < -0.3 is 10.6 Å². The second-order valence-electron chi connectivity index (χ2n) is 3.93. The number of nitrogens with one attached hydrogen (secondary N) is 2. The van der Waals surface area contributed by atoms with Crippen LogP contribution in [0.25, 0.3) is 10.9 Å². The average molecular weight is 261 g/mol. The first-order valence-corrected chi connectivity index (χ1v) is 6.08. The minimum absolute atomic E-state index is 0.0308. The number of hydrogen-bond acceptors (Lipinski definition) is 6. The Morgan fingerprint density at radius 1 is 1.21 bits per heavy atom. The maximum atomic E-state index is 11.1. The second-order valence-corrected chi connectivity index (χ2v) is 3.93. The molecule has 0 saturated carbocycles. The van der Waals surface area contributed by atoms with E-state index in [1.165, 1.54) is 12.4 Å². The Morgan fingerprint density at radius 3 is 2.58 bits per heavy atom. The zero-order valence-corrected chi connectivity index (χ0v) is 10.8. The van der Waals surface area contributed by atoms with Gasteiger partial charge in [0.2, 0.25) is 0 Å². The zero-order valence-electron chi connectivity index (χ0n) is 10.8. The summed E-state index contributed by atoms with van der Waals surface area (Å²) in [5.41, 5.74) is 1.18. The molecule has 0 fully saturated rings. The third-order valence-corrected chi connectivity index (χ3v) is 2.66. The van der Waals surface area contributed by atoms with E-state index in [-0.39, 0.29) is 5.69 Å². The molecule has 0 bridgehead atoms. The number of benzene rings is 1. The van der Waals surface area contributed by atoms with E-state index in [1.54, 1.807) is 6.07 Å². The number of hydrogen-bond donors (Lipinski definition) is 2. The first-order chi connectivity index (χ1) is 9.17. The van der Waals surface area contributed by atoms with Gasteiger partial charge in [-0.3, -0.25) is 10.1 Å². The van der Waals surface area contributed by atoms with Crippen molar-refractivity contribution in [2.45, 2.75) is 13.8 Å². The fourth-order valence-corrected chi connectivity index (χ4v) is 1.88. The molecule has 1 heterocycles. The lowest BCUT2D eigenvalue weighted by atomic mass is 10.1. The lowest BCUT2D eigenvalue weighted by Crippen LogP contribution is -2.04. The molecule has 0 aliphatic rings. The third-order valence-electron chi connectivity index (χ3n) is 2.66. The fourth-order valence-electron chi connectivity index (χ4n) is 1.88. The van der Waals surface area contributed by atoms with Crippen LogP contribution in [-0.4, -0.2) is 28.0 Å². The molecule has 19 heavy (non-hydrogen) atoms. The molecule has 0 unspecified atom stereocenters. The van der Waals surface area contributed by atoms with Crippen LogP contribution in [0.3, 0.4) is 0 Å². The molecule has 0 atom stereocenters. The van der Waals surface area contributed by atoms with Gasteiger partial charge in [-0.05, 0) is 19.9 Å². The van der Waals surface area contributed by atoms with Crippen LogP contribution in [0.2, 0.25) is 0 Å². The van der Waals surface area contributed by atoms with E-state index in [2.05, 4.69) is 20.6 Å². The molecule has 2 rings (SSSR count). The molecular formula is C12H15N5O2. The highest BCUT2D eigenvalue weighted by molar-refractivity contribution is 5.94. The number of nitro benzene ring substituents is 1. The maximum absolute atomic E-state index is 11.1. The van der Waals surface area contributed by atoms with Crippen molar-refractivity contribution >= 4 is 28.1 Å². The summed E-state index contributed by atoms with van der Waals surface area (Å²) < 4.78 is 0. The van der Waals surface area contributed by atoms with Gasteiger partial charge in [0.05, 0.1) is 10.4 Å². The molecule has 0 saturated heterocycles. The molecule has 100 valence electrons. The normalized spacial score (nSPS) is 10.4. The largest absolute Gasteiger partial charge is 0.380 e.